The van der Waals surface area contributed by atoms with Crippen molar-refractivity contribution in [3.63, 3.8) is 0 Å². The van der Waals surface area contributed by atoms with E-state index in [9.17, 15) is 4.79 Å². The number of benzene rings is 1. The average Bonchev–Trinajstić information content (AvgIpc) is 2.86. The molecule has 6 heteroatoms. The maximum absolute atomic E-state index is 12.0. The predicted molar refractivity (Wildman–Crippen MR) is 79.5 cm³/mol. The van der Waals surface area contributed by atoms with E-state index in [0.29, 0.717) is 11.7 Å². The fourth-order valence-corrected chi connectivity index (χ4v) is 1.71. The molecule has 0 aliphatic heterocycles. The summed E-state index contributed by atoms with van der Waals surface area (Å²) in [5, 5.41) is 6.80. The SMILES string of the molecule is CN(Cc1nc(-c2ccccc2)no1)C(=O)NC(C)(C)C. The normalized spacial score (nSPS) is 11.2. The smallest absolute Gasteiger partial charge is 0.318 e. The molecule has 1 aromatic heterocycles. The zero-order valence-corrected chi connectivity index (χ0v) is 12.8. The summed E-state index contributed by atoms with van der Waals surface area (Å²) in [5.74, 6) is 0.927. The molecule has 1 aromatic carbocycles. The summed E-state index contributed by atoms with van der Waals surface area (Å²) in [6.07, 6.45) is 0. The number of urea groups is 1. The van der Waals surface area contributed by atoms with Gasteiger partial charge in [0.15, 0.2) is 0 Å². The minimum Gasteiger partial charge on any atom is -0.337 e. The quantitative estimate of drug-likeness (QED) is 0.942. The van der Waals surface area contributed by atoms with Crippen LogP contribution in [0.2, 0.25) is 0 Å². The van der Waals surface area contributed by atoms with Crippen LogP contribution in [0.25, 0.3) is 11.4 Å². The number of rotatable bonds is 3. The molecule has 1 heterocycles. The molecule has 0 fully saturated rings. The molecule has 2 amide bonds. The second kappa shape index (κ2) is 5.95. The van der Waals surface area contributed by atoms with Crippen molar-refractivity contribution in [3.8, 4) is 11.4 Å². The van der Waals surface area contributed by atoms with Crippen molar-refractivity contribution in [1.29, 1.82) is 0 Å². The number of amides is 2. The molecule has 0 unspecified atom stereocenters. The molecule has 21 heavy (non-hydrogen) atoms. The second-order valence-corrected chi connectivity index (χ2v) is 5.91. The zero-order valence-electron chi connectivity index (χ0n) is 12.8. The Morgan fingerprint density at radius 2 is 1.95 bits per heavy atom. The van der Waals surface area contributed by atoms with Crippen LogP contribution in [0.4, 0.5) is 4.79 Å². The first-order valence-electron chi connectivity index (χ1n) is 6.76. The Hall–Kier alpha value is -2.37. The summed E-state index contributed by atoms with van der Waals surface area (Å²) in [7, 11) is 1.69. The molecular weight excluding hydrogens is 268 g/mol. The first kappa shape index (κ1) is 15.0. The molecule has 6 nitrogen and oxygen atoms in total. The number of hydrogen-bond acceptors (Lipinski definition) is 4. The number of carbonyl (C=O) groups is 1. The van der Waals surface area contributed by atoms with Crippen LogP contribution < -0.4 is 5.32 Å². The van der Waals surface area contributed by atoms with Crippen molar-refractivity contribution in [1.82, 2.24) is 20.4 Å². The molecule has 1 N–H and O–H groups in total. The summed E-state index contributed by atoms with van der Waals surface area (Å²) in [4.78, 5) is 17.8. The van der Waals surface area contributed by atoms with Crippen molar-refractivity contribution >= 4 is 6.03 Å². The van der Waals surface area contributed by atoms with Gasteiger partial charge in [0.2, 0.25) is 11.7 Å². The maximum atomic E-state index is 12.0. The van der Waals surface area contributed by atoms with Gasteiger partial charge in [0, 0.05) is 18.2 Å². The highest BCUT2D eigenvalue weighted by Crippen LogP contribution is 2.15. The molecule has 2 rings (SSSR count). The highest BCUT2D eigenvalue weighted by molar-refractivity contribution is 5.74. The number of hydrogen-bond donors (Lipinski definition) is 1. The number of nitrogens with one attached hydrogen (secondary N) is 1. The van der Waals surface area contributed by atoms with Crippen LogP contribution >= 0.6 is 0 Å². The summed E-state index contributed by atoms with van der Waals surface area (Å²) < 4.78 is 5.19. The van der Waals surface area contributed by atoms with Gasteiger partial charge in [0.05, 0.1) is 0 Å². The summed E-state index contributed by atoms with van der Waals surface area (Å²) in [6, 6.07) is 9.38. The fraction of sp³-hybridized carbons (Fsp3) is 0.400. The Balaban J connectivity index is 2.01. The minimum atomic E-state index is -0.282. The van der Waals surface area contributed by atoms with Crippen LogP contribution in [0.15, 0.2) is 34.9 Å². The monoisotopic (exact) mass is 288 g/mol. The maximum Gasteiger partial charge on any atom is 0.318 e. The van der Waals surface area contributed by atoms with Gasteiger partial charge in [-0.1, -0.05) is 35.5 Å². The lowest BCUT2D eigenvalue weighted by atomic mass is 10.1. The van der Waals surface area contributed by atoms with E-state index in [4.69, 9.17) is 4.52 Å². The Labute approximate surface area is 124 Å². The van der Waals surface area contributed by atoms with E-state index >= 15 is 0 Å². The number of aromatic nitrogens is 2. The first-order chi connectivity index (χ1) is 9.85. The molecule has 112 valence electrons. The minimum absolute atomic E-state index is 0.179. The van der Waals surface area contributed by atoms with Crippen LogP contribution in [0.5, 0.6) is 0 Å². The van der Waals surface area contributed by atoms with Crippen molar-refractivity contribution in [2.45, 2.75) is 32.9 Å². The van der Waals surface area contributed by atoms with E-state index in [2.05, 4.69) is 15.5 Å². The van der Waals surface area contributed by atoms with Crippen molar-refractivity contribution < 1.29 is 9.32 Å². The van der Waals surface area contributed by atoms with Gasteiger partial charge in [0.1, 0.15) is 6.54 Å². The van der Waals surface area contributed by atoms with Gasteiger partial charge in [-0.2, -0.15) is 4.98 Å². The lowest BCUT2D eigenvalue weighted by molar-refractivity contribution is 0.190. The van der Waals surface area contributed by atoms with E-state index < -0.39 is 0 Å². The van der Waals surface area contributed by atoms with Crippen LogP contribution in [0.3, 0.4) is 0 Å². The molecule has 0 aliphatic rings. The van der Waals surface area contributed by atoms with Gasteiger partial charge in [-0.15, -0.1) is 0 Å². The molecule has 0 saturated heterocycles. The van der Waals surface area contributed by atoms with E-state index in [-0.39, 0.29) is 18.1 Å². The van der Waals surface area contributed by atoms with E-state index in [1.165, 1.54) is 4.90 Å². The fourth-order valence-electron chi connectivity index (χ4n) is 1.71. The third-order valence-corrected chi connectivity index (χ3v) is 2.70. The van der Waals surface area contributed by atoms with E-state index in [0.717, 1.165) is 5.56 Å². The summed E-state index contributed by atoms with van der Waals surface area (Å²) in [6.45, 7) is 6.05. The highest BCUT2D eigenvalue weighted by atomic mass is 16.5. The molecular formula is C15H20N4O2. The first-order valence-corrected chi connectivity index (χ1v) is 6.76. The number of carbonyl (C=O) groups excluding carboxylic acids is 1. The van der Waals surface area contributed by atoms with Crippen molar-refractivity contribution in [2.24, 2.45) is 0 Å². The molecule has 0 radical (unpaired) electrons. The second-order valence-electron chi connectivity index (χ2n) is 5.91. The molecule has 0 saturated carbocycles. The third-order valence-electron chi connectivity index (χ3n) is 2.70. The Morgan fingerprint density at radius 1 is 1.29 bits per heavy atom. The van der Waals surface area contributed by atoms with Crippen LogP contribution in [-0.4, -0.2) is 33.7 Å². The van der Waals surface area contributed by atoms with Crippen LogP contribution in [-0.2, 0) is 6.54 Å². The van der Waals surface area contributed by atoms with Gasteiger partial charge < -0.3 is 14.7 Å². The predicted octanol–water partition coefficient (Wildman–Crippen LogP) is 2.68. The van der Waals surface area contributed by atoms with Crippen molar-refractivity contribution in [3.05, 3.63) is 36.2 Å². The van der Waals surface area contributed by atoms with Gasteiger partial charge in [-0.3, -0.25) is 0 Å². The summed E-state index contributed by atoms with van der Waals surface area (Å²) >= 11 is 0. The Morgan fingerprint density at radius 3 is 2.57 bits per heavy atom. The van der Waals surface area contributed by atoms with Gasteiger partial charge >= 0.3 is 6.03 Å². The van der Waals surface area contributed by atoms with Gasteiger partial charge in [-0.05, 0) is 20.8 Å². The van der Waals surface area contributed by atoms with Crippen LogP contribution in [0.1, 0.15) is 26.7 Å². The zero-order chi connectivity index (χ0) is 15.5. The molecule has 0 aliphatic carbocycles. The molecule has 0 bridgehead atoms. The lowest BCUT2D eigenvalue weighted by Gasteiger charge is -2.24. The topological polar surface area (TPSA) is 71.3 Å². The average molecular weight is 288 g/mol. The van der Waals surface area contributed by atoms with E-state index in [1.807, 2.05) is 51.1 Å². The lowest BCUT2D eigenvalue weighted by Crippen LogP contribution is -2.46. The van der Waals surface area contributed by atoms with Crippen LogP contribution in [0, 0.1) is 0 Å². The molecule has 0 atom stereocenters. The van der Waals surface area contributed by atoms with Crippen molar-refractivity contribution in [2.75, 3.05) is 7.05 Å². The standard InChI is InChI=1S/C15H20N4O2/c1-15(2,3)17-14(20)19(4)10-12-16-13(18-21-12)11-8-6-5-7-9-11/h5-9H,10H2,1-4H3,(H,17,20). The largest absolute Gasteiger partial charge is 0.337 e. The van der Waals surface area contributed by atoms with Gasteiger partial charge in [-0.25, -0.2) is 4.79 Å². The summed E-state index contributed by atoms with van der Waals surface area (Å²) in [5.41, 5.74) is 0.601. The highest BCUT2D eigenvalue weighted by Gasteiger charge is 2.19. The van der Waals surface area contributed by atoms with Gasteiger partial charge in [0.25, 0.3) is 0 Å². The third kappa shape index (κ3) is 4.30. The number of nitrogens with zero attached hydrogens (tertiary/aromatic N) is 3. The molecule has 0 spiro atoms. The Kier molecular flexibility index (Phi) is 4.26. The molecule has 2 aromatic rings. The Bertz CT molecular complexity index is 602. The van der Waals surface area contributed by atoms with E-state index in [1.54, 1.807) is 7.05 Å².